The third-order valence-corrected chi connectivity index (χ3v) is 3.20. The summed E-state index contributed by atoms with van der Waals surface area (Å²) in [6.07, 6.45) is 1.67. The van der Waals surface area contributed by atoms with Gasteiger partial charge in [0.15, 0.2) is 0 Å². The van der Waals surface area contributed by atoms with Crippen molar-refractivity contribution >= 4 is 5.91 Å². The molecule has 1 saturated heterocycles. The average Bonchev–Trinajstić information content (AvgIpc) is 2.81. The number of H-pyrrole nitrogens is 1. The predicted octanol–water partition coefficient (Wildman–Crippen LogP) is 0.0550. The van der Waals surface area contributed by atoms with Crippen LogP contribution in [0.3, 0.4) is 0 Å². The second kappa shape index (κ2) is 5.97. The maximum atomic E-state index is 12.1. The molecule has 1 aliphatic heterocycles. The van der Waals surface area contributed by atoms with E-state index in [-0.39, 0.29) is 11.9 Å². The van der Waals surface area contributed by atoms with E-state index in [1.54, 1.807) is 6.33 Å². The highest BCUT2D eigenvalue weighted by Crippen LogP contribution is 2.03. The van der Waals surface area contributed by atoms with Crippen molar-refractivity contribution < 1.29 is 9.53 Å². The standard InChI is InChI=1S/C12H20N4O2/c1-9-11(15-8-14-9)7-13-10(2)12(17)16-3-5-18-6-4-16/h8,10,13H,3-7H2,1-2H3,(H,14,15). The van der Waals surface area contributed by atoms with E-state index in [0.717, 1.165) is 11.4 Å². The van der Waals surface area contributed by atoms with Crippen LogP contribution < -0.4 is 5.32 Å². The van der Waals surface area contributed by atoms with Gasteiger partial charge >= 0.3 is 0 Å². The number of morpholine rings is 1. The Morgan fingerprint density at radius 1 is 1.61 bits per heavy atom. The number of nitrogens with one attached hydrogen (secondary N) is 2. The summed E-state index contributed by atoms with van der Waals surface area (Å²) in [4.78, 5) is 21.2. The van der Waals surface area contributed by atoms with E-state index in [1.165, 1.54) is 0 Å². The summed E-state index contributed by atoms with van der Waals surface area (Å²) >= 11 is 0. The van der Waals surface area contributed by atoms with E-state index in [2.05, 4.69) is 15.3 Å². The monoisotopic (exact) mass is 252 g/mol. The molecule has 2 N–H and O–H groups in total. The SMILES string of the molecule is Cc1[nH]cnc1CNC(C)C(=O)N1CCOCC1. The van der Waals surface area contributed by atoms with Crippen molar-refractivity contribution in [1.29, 1.82) is 0 Å². The number of hydrogen-bond donors (Lipinski definition) is 2. The lowest BCUT2D eigenvalue weighted by molar-refractivity contribution is -0.137. The third kappa shape index (κ3) is 3.08. The lowest BCUT2D eigenvalue weighted by Crippen LogP contribution is -2.49. The number of ether oxygens (including phenoxy) is 1. The number of hydrogen-bond acceptors (Lipinski definition) is 4. The number of rotatable bonds is 4. The van der Waals surface area contributed by atoms with Crippen molar-refractivity contribution in [1.82, 2.24) is 20.2 Å². The number of amides is 1. The molecule has 0 aliphatic carbocycles. The summed E-state index contributed by atoms with van der Waals surface area (Å²) in [7, 11) is 0. The molecule has 1 aromatic heterocycles. The lowest BCUT2D eigenvalue weighted by Gasteiger charge is -2.29. The van der Waals surface area contributed by atoms with Gasteiger partial charge in [0.2, 0.25) is 5.91 Å². The van der Waals surface area contributed by atoms with E-state index in [0.29, 0.717) is 32.8 Å². The van der Waals surface area contributed by atoms with Gasteiger partial charge < -0.3 is 19.9 Å². The minimum absolute atomic E-state index is 0.131. The molecule has 0 saturated carbocycles. The zero-order valence-corrected chi connectivity index (χ0v) is 10.9. The fourth-order valence-electron chi connectivity index (χ4n) is 1.96. The smallest absolute Gasteiger partial charge is 0.239 e. The maximum Gasteiger partial charge on any atom is 0.239 e. The minimum atomic E-state index is -0.195. The molecule has 6 nitrogen and oxygen atoms in total. The van der Waals surface area contributed by atoms with Crippen molar-refractivity contribution in [3.05, 3.63) is 17.7 Å². The molecule has 1 fully saturated rings. The van der Waals surface area contributed by atoms with Gasteiger partial charge in [-0.05, 0) is 13.8 Å². The first-order valence-corrected chi connectivity index (χ1v) is 6.27. The van der Waals surface area contributed by atoms with Crippen molar-refractivity contribution in [3.63, 3.8) is 0 Å². The molecule has 18 heavy (non-hydrogen) atoms. The molecule has 1 atom stereocenters. The Morgan fingerprint density at radius 3 is 2.94 bits per heavy atom. The molecular weight excluding hydrogens is 232 g/mol. The van der Waals surface area contributed by atoms with E-state index >= 15 is 0 Å². The number of imidazole rings is 1. The number of aryl methyl sites for hydroxylation is 1. The summed E-state index contributed by atoms with van der Waals surface area (Å²) in [6, 6.07) is -0.195. The molecule has 1 amide bonds. The number of nitrogens with zero attached hydrogens (tertiary/aromatic N) is 2. The zero-order chi connectivity index (χ0) is 13.0. The van der Waals surface area contributed by atoms with Gasteiger partial charge in [-0.15, -0.1) is 0 Å². The second-order valence-corrected chi connectivity index (χ2v) is 4.51. The van der Waals surface area contributed by atoms with Gasteiger partial charge in [0, 0.05) is 25.3 Å². The largest absolute Gasteiger partial charge is 0.378 e. The number of carbonyl (C=O) groups excluding carboxylic acids is 1. The first kappa shape index (κ1) is 13.0. The van der Waals surface area contributed by atoms with Crippen molar-refractivity contribution in [2.24, 2.45) is 0 Å². The Hall–Kier alpha value is -1.40. The van der Waals surface area contributed by atoms with Gasteiger partial charge in [0.1, 0.15) is 0 Å². The first-order valence-electron chi connectivity index (χ1n) is 6.27. The van der Waals surface area contributed by atoms with Crippen LogP contribution in [0.15, 0.2) is 6.33 Å². The maximum absolute atomic E-state index is 12.1. The van der Waals surface area contributed by atoms with E-state index in [1.807, 2.05) is 18.7 Å². The van der Waals surface area contributed by atoms with Crippen LogP contribution in [0.2, 0.25) is 0 Å². The highest BCUT2D eigenvalue weighted by atomic mass is 16.5. The van der Waals surface area contributed by atoms with Crippen LogP contribution in [0, 0.1) is 6.92 Å². The molecule has 0 radical (unpaired) electrons. The Balaban J connectivity index is 1.82. The Bertz CT molecular complexity index is 399. The molecule has 2 rings (SSSR count). The normalized spacial score (nSPS) is 17.8. The molecule has 0 aromatic carbocycles. The van der Waals surface area contributed by atoms with Crippen molar-refractivity contribution in [2.45, 2.75) is 26.4 Å². The summed E-state index contributed by atoms with van der Waals surface area (Å²) in [5.74, 6) is 0.131. The molecule has 0 spiro atoms. The number of aromatic amines is 1. The molecule has 6 heteroatoms. The average molecular weight is 252 g/mol. The van der Waals surface area contributed by atoms with Crippen LogP contribution in [-0.2, 0) is 16.1 Å². The Kier molecular flexibility index (Phi) is 4.33. The number of aromatic nitrogens is 2. The van der Waals surface area contributed by atoms with Gasteiger partial charge in [-0.3, -0.25) is 4.79 Å². The summed E-state index contributed by atoms with van der Waals surface area (Å²) in [5, 5.41) is 3.21. The third-order valence-electron chi connectivity index (χ3n) is 3.20. The highest BCUT2D eigenvalue weighted by molar-refractivity contribution is 5.81. The Labute approximate surface area is 107 Å². The Morgan fingerprint density at radius 2 is 2.33 bits per heavy atom. The lowest BCUT2D eigenvalue weighted by atomic mass is 10.2. The number of carbonyl (C=O) groups is 1. The molecule has 100 valence electrons. The van der Waals surface area contributed by atoms with Gasteiger partial charge in [-0.25, -0.2) is 4.98 Å². The summed E-state index contributed by atoms with van der Waals surface area (Å²) in [6.45, 7) is 7.11. The summed E-state index contributed by atoms with van der Waals surface area (Å²) < 4.78 is 5.24. The molecule has 1 unspecified atom stereocenters. The van der Waals surface area contributed by atoms with Gasteiger partial charge in [0.05, 0.1) is 31.3 Å². The minimum Gasteiger partial charge on any atom is -0.378 e. The van der Waals surface area contributed by atoms with Gasteiger partial charge in [-0.1, -0.05) is 0 Å². The fourth-order valence-corrected chi connectivity index (χ4v) is 1.96. The molecule has 0 bridgehead atoms. The molecule has 1 aromatic rings. The van der Waals surface area contributed by atoms with E-state index in [9.17, 15) is 4.79 Å². The zero-order valence-electron chi connectivity index (χ0n) is 10.9. The topological polar surface area (TPSA) is 70.2 Å². The van der Waals surface area contributed by atoms with E-state index < -0.39 is 0 Å². The van der Waals surface area contributed by atoms with Crippen molar-refractivity contribution in [2.75, 3.05) is 26.3 Å². The second-order valence-electron chi connectivity index (χ2n) is 4.51. The van der Waals surface area contributed by atoms with E-state index in [4.69, 9.17) is 4.74 Å². The predicted molar refractivity (Wildman–Crippen MR) is 67.0 cm³/mol. The quantitative estimate of drug-likeness (QED) is 0.794. The van der Waals surface area contributed by atoms with Crippen LogP contribution in [-0.4, -0.2) is 53.1 Å². The molecule has 1 aliphatic rings. The van der Waals surface area contributed by atoms with Crippen LogP contribution in [0.1, 0.15) is 18.3 Å². The van der Waals surface area contributed by atoms with Gasteiger partial charge in [0.25, 0.3) is 0 Å². The van der Waals surface area contributed by atoms with Crippen LogP contribution in [0.4, 0.5) is 0 Å². The van der Waals surface area contributed by atoms with Gasteiger partial charge in [-0.2, -0.15) is 0 Å². The van der Waals surface area contributed by atoms with Crippen LogP contribution in [0.5, 0.6) is 0 Å². The van der Waals surface area contributed by atoms with Crippen LogP contribution in [0.25, 0.3) is 0 Å². The fraction of sp³-hybridized carbons (Fsp3) is 0.667. The molecular formula is C12H20N4O2. The van der Waals surface area contributed by atoms with Crippen LogP contribution >= 0.6 is 0 Å². The molecule has 2 heterocycles. The summed E-state index contributed by atoms with van der Waals surface area (Å²) in [5.41, 5.74) is 1.99. The highest BCUT2D eigenvalue weighted by Gasteiger charge is 2.22. The van der Waals surface area contributed by atoms with Crippen molar-refractivity contribution in [3.8, 4) is 0 Å². The first-order chi connectivity index (χ1) is 8.68.